The van der Waals surface area contributed by atoms with Gasteiger partial charge in [0, 0.05) is 7.11 Å². The van der Waals surface area contributed by atoms with Gasteiger partial charge in [-0.05, 0) is 27.8 Å². The summed E-state index contributed by atoms with van der Waals surface area (Å²) in [6.45, 7) is 15.2. The van der Waals surface area contributed by atoms with E-state index in [2.05, 4.69) is 65.8 Å². The molecule has 0 N–H and O–H groups in total. The van der Waals surface area contributed by atoms with Crippen molar-refractivity contribution in [3.05, 3.63) is 71.8 Å². The second-order valence-electron chi connectivity index (χ2n) is 11.5. The Bertz CT molecular complexity index is 947. The third-order valence-electron chi connectivity index (χ3n) is 8.24. The highest BCUT2D eigenvalue weighted by Crippen LogP contribution is 2.44. The fourth-order valence-corrected chi connectivity index (χ4v) is 12.0. The molecule has 2 aromatic rings. The quantitative estimate of drug-likeness (QED) is 0.270. The summed E-state index contributed by atoms with van der Waals surface area (Å²) in [5.74, 6) is 0. The Kier molecular flexibility index (Phi) is 10.2. The van der Waals surface area contributed by atoms with Gasteiger partial charge in [-0.2, -0.15) is 0 Å². The van der Waals surface area contributed by atoms with Crippen LogP contribution in [-0.4, -0.2) is 58.8 Å². The summed E-state index contributed by atoms with van der Waals surface area (Å²) in [6, 6.07) is 20.3. The number of hydrogen-bond acceptors (Lipinski definition) is 6. The van der Waals surface area contributed by atoms with Gasteiger partial charge in [0.25, 0.3) is 0 Å². The van der Waals surface area contributed by atoms with Gasteiger partial charge in [-0.25, -0.2) is 0 Å². The highest BCUT2D eigenvalue weighted by Gasteiger charge is 2.58. The van der Waals surface area contributed by atoms with E-state index in [1.807, 2.05) is 36.4 Å². The minimum Gasteiger partial charge on any atom is -0.413 e. The summed E-state index contributed by atoms with van der Waals surface area (Å²) in [7, 11) is -0.412. The molecule has 6 atom stereocenters. The molecule has 2 bridgehead atoms. The van der Waals surface area contributed by atoms with Gasteiger partial charge < -0.3 is 28.1 Å². The molecule has 2 aromatic carbocycles. The number of hydrogen-bond donors (Lipinski definition) is 0. The number of ether oxygens (including phenoxy) is 5. The van der Waals surface area contributed by atoms with E-state index in [1.165, 1.54) is 0 Å². The minimum absolute atomic E-state index is 0.258. The van der Waals surface area contributed by atoms with E-state index < -0.39 is 20.7 Å². The lowest BCUT2D eigenvalue weighted by Gasteiger charge is -2.43. The molecule has 6 nitrogen and oxygen atoms in total. The van der Waals surface area contributed by atoms with Gasteiger partial charge in [0.05, 0.1) is 19.8 Å². The van der Waals surface area contributed by atoms with Crippen LogP contribution in [0.3, 0.4) is 0 Å². The summed E-state index contributed by atoms with van der Waals surface area (Å²) >= 11 is 0. The van der Waals surface area contributed by atoms with E-state index in [0.29, 0.717) is 36.4 Å². The van der Waals surface area contributed by atoms with Gasteiger partial charge in [-0.3, -0.25) is 0 Å². The predicted octanol–water partition coefficient (Wildman–Crippen LogP) is 6.49. The number of rotatable bonds is 13. The van der Waals surface area contributed by atoms with Gasteiger partial charge in [-0.15, -0.1) is 0 Å². The van der Waals surface area contributed by atoms with Crippen molar-refractivity contribution in [3.8, 4) is 0 Å². The van der Waals surface area contributed by atoms with Crippen LogP contribution in [0.4, 0.5) is 0 Å². The first-order chi connectivity index (χ1) is 18.3. The van der Waals surface area contributed by atoms with E-state index in [9.17, 15) is 0 Å². The number of methoxy groups -OCH3 is 1. The van der Waals surface area contributed by atoms with Crippen LogP contribution in [0.1, 0.15) is 52.7 Å². The van der Waals surface area contributed by atoms with Crippen molar-refractivity contribution in [2.24, 2.45) is 0 Å². The summed E-state index contributed by atoms with van der Waals surface area (Å²) in [5.41, 5.74) is 3.67. The lowest BCUT2D eigenvalue weighted by atomic mass is 9.99. The highest BCUT2D eigenvalue weighted by molar-refractivity contribution is 6.77. The first kappa shape index (κ1) is 29.4. The molecule has 0 unspecified atom stereocenters. The zero-order valence-electron chi connectivity index (χ0n) is 24.0. The molecule has 0 spiro atoms. The lowest BCUT2D eigenvalue weighted by molar-refractivity contribution is -0.275. The van der Waals surface area contributed by atoms with Crippen molar-refractivity contribution in [2.75, 3.05) is 13.7 Å². The Morgan fingerprint density at radius 3 is 1.66 bits per heavy atom. The second-order valence-corrected chi connectivity index (χ2v) is 17.0. The molecule has 2 heterocycles. The molecule has 2 fully saturated rings. The minimum atomic E-state index is -2.07. The fraction of sp³-hybridized carbons (Fsp3) is 0.613. The number of fused-ring (bicyclic) bond motifs is 2. The van der Waals surface area contributed by atoms with Crippen LogP contribution in [0.15, 0.2) is 60.7 Å². The van der Waals surface area contributed by atoms with Gasteiger partial charge in [0.1, 0.15) is 30.5 Å². The standard InChI is InChI=1S/C31H46O6Si/c1-21(2)38(22(3)4,23(5)6)35-20-26-27-28(33-18-24-14-10-8-11-15-24)29(36-26)30(31(32-7)37-27)34-19-25-16-12-9-13-17-25/h8-17,21-23,26-31H,18-20H2,1-7H3/t26-,27+,28+,29-,30-,31+/m0/s1. The first-order valence-electron chi connectivity index (χ1n) is 14.1. The largest absolute Gasteiger partial charge is 0.413 e. The molecule has 4 rings (SSSR count). The summed E-state index contributed by atoms with van der Waals surface area (Å²) in [4.78, 5) is 0. The van der Waals surface area contributed by atoms with Crippen molar-refractivity contribution >= 4 is 8.32 Å². The van der Waals surface area contributed by atoms with E-state index in [-0.39, 0.29) is 24.4 Å². The Morgan fingerprint density at radius 2 is 1.18 bits per heavy atom. The van der Waals surface area contributed by atoms with E-state index in [4.69, 9.17) is 28.1 Å². The average molecular weight is 543 g/mol. The molecule has 2 saturated heterocycles. The normalized spacial score (nSPS) is 27.5. The van der Waals surface area contributed by atoms with Crippen LogP contribution in [0.2, 0.25) is 16.6 Å². The molecule has 210 valence electrons. The Balaban J connectivity index is 1.55. The zero-order valence-corrected chi connectivity index (χ0v) is 25.0. The van der Waals surface area contributed by atoms with Gasteiger partial charge >= 0.3 is 0 Å². The molecule has 0 radical (unpaired) electrons. The monoisotopic (exact) mass is 542 g/mol. The SMILES string of the molecule is CO[C@@H]1O[C@H]2[C@@H](OCc3ccccc3)[C@H](O[C@H]2CO[Si](C(C)C)(C(C)C)C(C)C)[C@@H]1OCc1ccccc1. The molecule has 38 heavy (non-hydrogen) atoms. The Labute approximate surface area is 230 Å². The van der Waals surface area contributed by atoms with Crippen molar-refractivity contribution in [1.29, 1.82) is 0 Å². The van der Waals surface area contributed by atoms with E-state index in [1.54, 1.807) is 7.11 Å². The third kappa shape index (κ3) is 6.25. The molecular formula is C31H46O6Si. The molecule has 7 heteroatoms. The third-order valence-corrected chi connectivity index (χ3v) is 14.3. The van der Waals surface area contributed by atoms with Crippen LogP contribution in [0.5, 0.6) is 0 Å². The maximum Gasteiger partial charge on any atom is 0.200 e. The average Bonchev–Trinajstić information content (AvgIpc) is 3.15. The number of benzene rings is 2. The Morgan fingerprint density at radius 1 is 0.684 bits per heavy atom. The van der Waals surface area contributed by atoms with Crippen LogP contribution in [0, 0.1) is 0 Å². The molecule has 0 amide bonds. The van der Waals surface area contributed by atoms with Crippen molar-refractivity contribution < 1.29 is 28.1 Å². The zero-order chi connectivity index (χ0) is 27.3. The molecule has 0 aromatic heterocycles. The van der Waals surface area contributed by atoms with E-state index in [0.717, 1.165) is 11.1 Å². The maximum absolute atomic E-state index is 6.95. The van der Waals surface area contributed by atoms with E-state index >= 15 is 0 Å². The Hall–Kier alpha value is -1.58. The second kappa shape index (κ2) is 13.2. The summed E-state index contributed by atoms with van der Waals surface area (Å²) < 4.78 is 38.9. The molecule has 0 aliphatic carbocycles. The van der Waals surface area contributed by atoms with Crippen molar-refractivity contribution in [3.63, 3.8) is 0 Å². The van der Waals surface area contributed by atoms with Crippen LogP contribution in [-0.2, 0) is 41.3 Å². The van der Waals surface area contributed by atoms with Crippen molar-refractivity contribution in [1.82, 2.24) is 0 Å². The smallest absolute Gasteiger partial charge is 0.200 e. The summed E-state index contributed by atoms with van der Waals surface area (Å²) in [6.07, 6.45) is -2.14. The topological polar surface area (TPSA) is 55.4 Å². The first-order valence-corrected chi connectivity index (χ1v) is 16.2. The summed E-state index contributed by atoms with van der Waals surface area (Å²) in [5, 5.41) is 0. The molecule has 2 aliphatic heterocycles. The molecular weight excluding hydrogens is 496 g/mol. The van der Waals surface area contributed by atoms with Gasteiger partial charge in [-0.1, -0.05) is 102 Å². The molecule has 2 aliphatic rings. The van der Waals surface area contributed by atoms with Crippen LogP contribution >= 0.6 is 0 Å². The van der Waals surface area contributed by atoms with Crippen molar-refractivity contribution in [2.45, 2.75) is 108 Å². The van der Waals surface area contributed by atoms with Gasteiger partial charge in [0.15, 0.2) is 14.6 Å². The fourth-order valence-electron chi connectivity index (χ4n) is 6.52. The van der Waals surface area contributed by atoms with Crippen LogP contribution in [0.25, 0.3) is 0 Å². The molecule has 0 saturated carbocycles. The van der Waals surface area contributed by atoms with Crippen LogP contribution < -0.4 is 0 Å². The predicted molar refractivity (Wildman–Crippen MR) is 151 cm³/mol. The maximum atomic E-state index is 6.95. The highest BCUT2D eigenvalue weighted by atomic mass is 28.4. The van der Waals surface area contributed by atoms with Gasteiger partial charge in [0.2, 0.25) is 0 Å². The lowest BCUT2D eigenvalue weighted by Crippen LogP contribution is -2.56.